The summed E-state index contributed by atoms with van der Waals surface area (Å²) in [6.45, 7) is 3.59. The molecule has 1 amide bonds. The van der Waals surface area contributed by atoms with Gasteiger partial charge in [-0.25, -0.2) is 9.07 Å². The van der Waals surface area contributed by atoms with Crippen LogP contribution in [0.1, 0.15) is 29.0 Å². The molecule has 1 aliphatic rings. The second-order valence-electron chi connectivity index (χ2n) is 6.05. The number of carbonyl (C=O) groups excluding carboxylic acids is 1. The van der Waals surface area contributed by atoms with Crippen LogP contribution in [0.25, 0.3) is 5.69 Å². The van der Waals surface area contributed by atoms with Crippen molar-refractivity contribution in [2.24, 2.45) is 0 Å². The van der Waals surface area contributed by atoms with Crippen molar-refractivity contribution < 1.29 is 9.18 Å². The van der Waals surface area contributed by atoms with Gasteiger partial charge in [-0.3, -0.25) is 4.79 Å². The zero-order valence-electron chi connectivity index (χ0n) is 13.4. The molecule has 122 valence electrons. The number of hydrogen-bond acceptors (Lipinski definition) is 3. The Kier molecular flexibility index (Phi) is 4.43. The molecule has 2 heterocycles. The fraction of sp³-hybridized carbons (Fsp3) is 0.412. The maximum Gasteiger partial charge on any atom is 0.271 e. The molecule has 1 aromatic heterocycles. The van der Waals surface area contributed by atoms with Crippen molar-refractivity contribution in [1.29, 1.82) is 0 Å². The topological polar surface area (TPSA) is 50.2 Å². The summed E-state index contributed by atoms with van der Waals surface area (Å²) in [5.74, 6) is -0.466. The number of hydrogen-bond donors (Lipinski definition) is 1. The molecule has 1 aromatic carbocycles. The van der Waals surface area contributed by atoms with Crippen molar-refractivity contribution in [3.63, 3.8) is 0 Å². The molecule has 1 unspecified atom stereocenters. The molecule has 0 radical (unpaired) electrons. The molecular weight excluding hydrogens is 295 g/mol. The molecule has 1 fully saturated rings. The Morgan fingerprint density at radius 2 is 2.13 bits per heavy atom. The lowest BCUT2D eigenvalue weighted by Gasteiger charge is -2.19. The Balaban J connectivity index is 1.69. The molecule has 0 saturated carbocycles. The zero-order valence-corrected chi connectivity index (χ0v) is 13.4. The van der Waals surface area contributed by atoms with E-state index in [1.807, 2.05) is 6.92 Å². The van der Waals surface area contributed by atoms with Crippen LogP contribution in [-0.2, 0) is 0 Å². The predicted octanol–water partition coefficient (Wildman–Crippen LogP) is 2.14. The summed E-state index contributed by atoms with van der Waals surface area (Å²) in [6.07, 6.45) is 2.29. The van der Waals surface area contributed by atoms with Crippen LogP contribution in [-0.4, -0.2) is 46.8 Å². The van der Waals surface area contributed by atoms with Crippen LogP contribution in [0.4, 0.5) is 4.39 Å². The van der Waals surface area contributed by atoms with E-state index < -0.39 is 0 Å². The number of likely N-dealkylation sites (tertiary alicyclic amines) is 1. The van der Waals surface area contributed by atoms with E-state index in [-0.39, 0.29) is 11.7 Å². The summed E-state index contributed by atoms with van der Waals surface area (Å²) in [5, 5.41) is 7.30. The van der Waals surface area contributed by atoms with Crippen LogP contribution in [0.3, 0.4) is 0 Å². The number of aryl methyl sites for hydroxylation is 1. The van der Waals surface area contributed by atoms with Gasteiger partial charge in [-0.15, -0.1) is 0 Å². The maximum atomic E-state index is 13.0. The number of aromatic nitrogens is 2. The minimum Gasteiger partial charge on any atom is -0.349 e. The minimum atomic E-state index is -0.294. The molecular formula is C17H21FN4O. The fourth-order valence-corrected chi connectivity index (χ4v) is 2.97. The second kappa shape index (κ2) is 6.50. The van der Waals surface area contributed by atoms with Gasteiger partial charge in [0.25, 0.3) is 5.91 Å². The quantitative estimate of drug-likeness (QED) is 0.940. The average Bonchev–Trinajstić information content (AvgIpc) is 3.12. The first-order valence-electron chi connectivity index (χ1n) is 7.85. The molecule has 0 aliphatic carbocycles. The van der Waals surface area contributed by atoms with Crippen LogP contribution >= 0.6 is 0 Å². The third-order valence-corrected chi connectivity index (χ3v) is 4.36. The fourth-order valence-electron chi connectivity index (χ4n) is 2.97. The van der Waals surface area contributed by atoms with Gasteiger partial charge in [-0.05, 0) is 63.7 Å². The first kappa shape index (κ1) is 15.7. The van der Waals surface area contributed by atoms with Gasteiger partial charge < -0.3 is 10.2 Å². The van der Waals surface area contributed by atoms with Gasteiger partial charge in [0.15, 0.2) is 5.69 Å². The molecule has 6 heteroatoms. The number of halogens is 1. The highest BCUT2D eigenvalue weighted by molar-refractivity contribution is 5.92. The first-order chi connectivity index (χ1) is 11.0. The summed E-state index contributed by atoms with van der Waals surface area (Å²) < 4.78 is 14.7. The highest BCUT2D eigenvalue weighted by Gasteiger charge is 2.22. The van der Waals surface area contributed by atoms with E-state index >= 15 is 0 Å². The molecule has 1 N–H and O–H groups in total. The van der Waals surface area contributed by atoms with E-state index in [1.165, 1.54) is 18.6 Å². The Morgan fingerprint density at radius 1 is 1.39 bits per heavy atom. The smallest absolute Gasteiger partial charge is 0.271 e. The van der Waals surface area contributed by atoms with Crippen molar-refractivity contribution in [1.82, 2.24) is 20.0 Å². The first-order valence-corrected chi connectivity index (χ1v) is 7.85. The number of likely N-dealkylation sites (N-methyl/N-ethyl adjacent to an activating group) is 1. The highest BCUT2D eigenvalue weighted by Crippen LogP contribution is 2.15. The molecule has 23 heavy (non-hydrogen) atoms. The number of rotatable bonds is 4. The van der Waals surface area contributed by atoms with Crippen LogP contribution in [0, 0.1) is 12.7 Å². The second-order valence-corrected chi connectivity index (χ2v) is 6.05. The van der Waals surface area contributed by atoms with E-state index in [4.69, 9.17) is 0 Å². The van der Waals surface area contributed by atoms with E-state index in [2.05, 4.69) is 22.4 Å². The van der Waals surface area contributed by atoms with E-state index in [0.29, 0.717) is 18.3 Å². The van der Waals surface area contributed by atoms with Gasteiger partial charge in [-0.1, -0.05) is 0 Å². The van der Waals surface area contributed by atoms with E-state index in [9.17, 15) is 9.18 Å². The number of nitrogens with one attached hydrogen (secondary N) is 1. The molecule has 1 saturated heterocycles. The third kappa shape index (κ3) is 3.42. The van der Waals surface area contributed by atoms with Crippen LogP contribution in [0.15, 0.2) is 30.3 Å². The van der Waals surface area contributed by atoms with E-state index in [0.717, 1.165) is 24.3 Å². The van der Waals surface area contributed by atoms with Crippen LogP contribution < -0.4 is 5.32 Å². The van der Waals surface area contributed by atoms with Crippen molar-refractivity contribution in [2.75, 3.05) is 20.1 Å². The molecule has 0 spiro atoms. The lowest BCUT2D eigenvalue weighted by Crippen LogP contribution is -2.38. The van der Waals surface area contributed by atoms with Crippen molar-refractivity contribution in [3.05, 3.63) is 47.5 Å². The monoisotopic (exact) mass is 316 g/mol. The summed E-state index contributed by atoms with van der Waals surface area (Å²) in [5.41, 5.74) is 1.95. The zero-order chi connectivity index (χ0) is 16.4. The third-order valence-electron chi connectivity index (χ3n) is 4.36. The Morgan fingerprint density at radius 3 is 2.78 bits per heavy atom. The van der Waals surface area contributed by atoms with Crippen LogP contribution in [0.2, 0.25) is 0 Å². The Labute approximate surface area is 135 Å². The number of carbonyl (C=O) groups is 1. The Hall–Kier alpha value is -2.21. The lowest BCUT2D eigenvalue weighted by atomic mass is 10.2. The summed E-state index contributed by atoms with van der Waals surface area (Å²) in [4.78, 5) is 14.6. The summed E-state index contributed by atoms with van der Waals surface area (Å²) in [6, 6.07) is 8.20. The van der Waals surface area contributed by atoms with Gasteiger partial charge in [-0.2, -0.15) is 5.10 Å². The molecule has 2 aromatic rings. The minimum absolute atomic E-state index is 0.172. The molecule has 3 rings (SSSR count). The van der Waals surface area contributed by atoms with Gasteiger partial charge >= 0.3 is 0 Å². The highest BCUT2D eigenvalue weighted by atomic mass is 19.1. The van der Waals surface area contributed by atoms with Crippen LogP contribution in [0.5, 0.6) is 0 Å². The number of amides is 1. The molecule has 0 bridgehead atoms. The number of nitrogens with zero attached hydrogens (tertiary/aromatic N) is 3. The Bertz CT molecular complexity index is 695. The maximum absolute atomic E-state index is 13.0. The summed E-state index contributed by atoms with van der Waals surface area (Å²) in [7, 11) is 2.08. The average molecular weight is 316 g/mol. The lowest BCUT2D eigenvalue weighted by molar-refractivity contribution is 0.0938. The van der Waals surface area contributed by atoms with Crippen molar-refractivity contribution >= 4 is 5.91 Å². The molecule has 1 aliphatic heterocycles. The standard InChI is InChI=1S/C17H21FN4O/c1-12-10-16(17(23)19-11-15-4-3-9-21(15)2)20-22(12)14-7-5-13(18)6-8-14/h5-8,10,15H,3-4,9,11H2,1-2H3,(H,19,23). The summed E-state index contributed by atoms with van der Waals surface area (Å²) >= 11 is 0. The SMILES string of the molecule is Cc1cc(C(=O)NCC2CCCN2C)nn1-c1ccc(F)cc1. The number of benzene rings is 1. The van der Waals surface area contributed by atoms with Gasteiger partial charge in [0.05, 0.1) is 5.69 Å². The van der Waals surface area contributed by atoms with Crippen molar-refractivity contribution in [3.8, 4) is 5.69 Å². The van der Waals surface area contributed by atoms with Gasteiger partial charge in [0.2, 0.25) is 0 Å². The normalized spacial score (nSPS) is 18.3. The van der Waals surface area contributed by atoms with E-state index in [1.54, 1.807) is 22.9 Å². The van der Waals surface area contributed by atoms with Crippen molar-refractivity contribution in [2.45, 2.75) is 25.8 Å². The van der Waals surface area contributed by atoms with Gasteiger partial charge in [0, 0.05) is 18.3 Å². The van der Waals surface area contributed by atoms with Gasteiger partial charge in [0.1, 0.15) is 5.82 Å². The molecule has 1 atom stereocenters. The predicted molar refractivity (Wildman–Crippen MR) is 86.2 cm³/mol. The molecule has 5 nitrogen and oxygen atoms in total. The largest absolute Gasteiger partial charge is 0.349 e.